The van der Waals surface area contributed by atoms with Gasteiger partial charge in [-0.05, 0) is 11.5 Å². The van der Waals surface area contributed by atoms with Crippen LogP contribution in [0.5, 0.6) is 0 Å². The fraction of sp³-hybridized carbons (Fsp3) is 0.455. The zero-order chi connectivity index (χ0) is 8.39. The molecule has 0 unspecified atom stereocenters. The number of ether oxygens (including phenoxy) is 1. The lowest BCUT2D eigenvalue weighted by Gasteiger charge is -2.12. The van der Waals surface area contributed by atoms with Gasteiger partial charge in [0.1, 0.15) is 0 Å². The maximum Gasteiger partial charge on any atom is 0.0538 e. The van der Waals surface area contributed by atoms with Gasteiger partial charge in [0, 0.05) is 12.5 Å². The molecule has 1 aliphatic rings. The molecular formula is C11H14O. The molecule has 1 saturated heterocycles. The summed E-state index contributed by atoms with van der Waals surface area (Å²) in [4.78, 5) is 0. The third kappa shape index (κ3) is 1.37. The predicted molar refractivity (Wildman–Crippen MR) is 49.2 cm³/mol. The van der Waals surface area contributed by atoms with Gasteiger partial charge in [-0.2, -0.15) is 0 Å². The molecule has 64 valence electrons. The van der Waals surface area contributed by atoms with Crippen LogP contribution in [0.2, 0.25) is 0 Å². The maximum absolute atomic E-state index is 5.42. The molecule has 2 rings (SSSR count). The highest BCUT2D eigenvalue weighted by molar-refractivity contribution is 5.20. The van der Waals surface area contributed by atoms with Gasteiger partial charge in [0.2, 0.25) is 0 Å². The quantitative estimate of drug-likeness (QED) is 0.616. The van der Waals surface area contributed by atoms with E-state index in [9.17, 15) is 0 Å². The fourth-order valence-corrected chi connectivity index (χ4v) is 1.79. The lowest BCUT2D eigenvalue weighted by atomic mass is 9.91. The van der Waals surface area contributed by atoms with E-state index in [1.807, 2.05) is 0 Å². The van der Waals surface area contributed by atoms with Gasteiger partial charge in [0.25, 0.3) is 0 Å². The minimum atomic E-state index is 0.617. The third-order valence-corrected chi connectivity index (χ3v) is 2.59. The molecule has 1 nitrogen and oxygen atoms in total. The molecule has 12 heavy (non-hydrogen) atoms. The Bertz CT molecular complexity index is 242. The Morgan fingerprint density at radius 2 is 1.92 bits per heavy atom. The van der Waals surface area contributed by atoms with Crippen LogP contribution in [-0.4, -0.2) is 13.2 Å². The fourth-order valence-electron chi connectivity index (χ4n) is 1.79. The van der Waals surface area contributed by atoms with Crippen LogP contribution in [0.1, 0.15) is 18.4 Å². The van der Waals surface area contributed by atoms with Crippen molar-refractivity contribution >= 4 is 0 Å². The summed E-state index contributed by atoms with van der Waals surface area (Å²) >= 11 is 0. The van der Waals surface area contributed by atoms with Gasteiger partial charge in [0.15, 0.2) is 0 Å². The molecule has 1 heterocycles. The third-order valence-electron chi connectivity index (χ3n) is 2.59. The van der Waals surface area contributed by atoms with Crippen molar-refractivity contribution < 1.29 is 4.74 Å². The minimum Gasteiger partial charge on any atom is -0.381 e. The Hall–Kier alpha value is -0.820. The topological polar surface area (TPSA) is 9.23 Å². The van der Waals surface area contributed by atoms with Crippen molar-refractivity contribution in [2.45, 2.75) is 12.8 Å². The van der Waals surface area contributed by atoms with Crippen molar-refractivity contribution in [2.75, 3.05) is 13.2 Å². The summed E-state index contributed by atoms with van der Waals surface area (Å²) in [5.74, 6) is 1.29. The molecule has 1 heteroatoms. The van der Waals surface area contributed by atoms with Gasteiger partial charge < -0.3 is 4.74 Å². The number of hydrogen-bond donors (Lipinski definition) is 0. The van der Waals surface area contributed by atoms with Gasteiger partial charge in [-0.1, -0.05) is 37.3 Å². The van der Waals surface area contributed by atoms with E-state index < -0.39 is 0 Å². The summed E-state index contributed by atoms with van der Waals surface area (Å²) < 4.78 is 5.42. The molecule has 1 aromatic rings. The molecule has 0 N–H and O–H groups in total. The van der Waals surface area contributed by atoms with Crippen LogP contribution in [0.4, 0.5) is 0 Å². The van der Waals surface area contributed by atoms with Crippen molar-refractivity contribution in [3.05, 3.63) is 35.9 Å². The van der Waals surface area contributed by atoms with E-state index in [2.05, 4.69) is 37.3 Å². The molecule has 0 bridgehead atoms. The highest BCUT2D eigenvalue weighted by atomic mass is 16.5. The van der Waals surface area contributed by atoms with Crippen LogP contribution in [-0.2, 0) is 4.74 Å². The number of benzene rings is 1. The zero-order valence-electron chi connectivity index (χ0n) is 7.36. The molecule has 0 spiro atoms. The smallest absolute Gasteiger partial charge is 0.0538 e. The van der Waals surface area contributed by atoms with E-state index >= 15 is 0 Å². The monoisotopic (exact) mass is 162 g/mol. The van der Waals surface area contributed by atoms with Gasteiger partial charge in [-0.3, -0.25) is 0 Å². The molecular weight excluding hydrogens is 148 g/mol. The van der Waals surface area contributed by atoms with Gasteiger partial charge in [-0.25, -0.2) is 0 Å². The van der Waals surface area contributed by atoms with Crippen LogP contribution < -0.4 is 0 Å². The Morgan fingerprint density at radius 3 is 2.50 bits per heavy atom. The lowest BCUT2D eigenvalue weighted by molar-refractivity contribution is 0.186. The standard InChI is InChI=1S/C11H14O/c1-9-7-12-8-11(9)10-5-3-2-4-6-10/h2-6,9,11H,7-8H2,1H3/t9-,11+/m0/s1. The largest absolute Gasteiger partial charge is 0.381 e. The first-order valence-corrected chi connectivity index (χ1v) is 4.50. The van der Waals surface area contributed by atoms with Crippen LogP contribution in [0.3, 0.4) is 0 Å². The predicted octanol–water partition coefficient (Wildman–Crippen LogP) is 2.44. The van der Waals surface area contributed by atoms with Crippen molar-refractivity contribution in [1.29, 1.82) is 0 Å². The zero-order valence-corrected chi connectivity index (χ0v) is 7.36. The van der Waals surface area contributed by atoms with Crippen molar-refractivity contribution in [3.8, 4) is 0 Å². The average molecular weight is 162 g/mol. The highest BCUT2D eigenvalue weighted by Gasteiger charge is 2.25. The minimum absolute atomic E-state index is 0.617. The summed E-state index contributed by atoms with van der Waals surface area (Å²) in [6.07, 6.45) is 0. The Balaban J connectivity index is 2.19. The normalized spacial score (nSPS) is 29.1. The molecule has 0 aliphatic carbocycles. The lowest BCUT2D eigenvalue weighted by Crippen LogP contribution is -2.05. The van der Waals surface area contributed by atoms with Gasteiger partial charge in [0.05, 0.1) is 6.61 Å². The summed E-state index contributed by atoms with van der Waals surface area (Å²) in [6, 6.07) is 10.6. The first kappa shape index (κ1) is 7.81. The molecule has 1 aromatic carbocycles. The second-order valence-electron chi connectivity index (χ2n) is 3.53. The van der Waals surface area contributed by atoms with E-state index in [0.29, 0.717) is 11.8 Å². The molecule has 1 fully saturated rings. The molecule has 0 aromatic heterocycles. The molecule has 2 atom stereocenters. The Labute approximate surface area is 73.4 Å². The average Bonchev–Trinajstić information content (AvgIpc) is 2.53. The number of rotatable bonds is 1. The molecule has 1 aliphatic heterocycles. The summed E-state index contributed by atoms with van der Waals surface area (Å²) in [6.45, 7) is 4.06. The first-order valence-electron chi connectivity index (χ1n) is 4.50. The van der Waals surface area contributed by atoms with Crippen LogP contribution in [0.15, 0.2) is 30.3 Å². The van der Waals surface area contributed by atoms with E-state index in [1.54, 1.807) is 0 Å². The number of hydrogen-bond acceptors (Lipinski definition) is 1. The van der Waals surface area contributed by atoms with Crippen molar-refractivity contribution in [3.63, 3.8) is 0 Å². The molecule has 0 amide bonds. The highest BCUT2D eigenvalue weighted by Crippen LogP contribution is 2.29. The van der Waals surface area contributed by atoms with Crippen LogP contribution in [0, 0.1) is 5.92 Å². The SMILES string of the molecule is C[C@H]1COC[C@H]1c1ccccc1. The van der Waals surface area contributed by atoms with Gasteiger partial charge >= 0.3 is 0 Å². The van der Waals surface area contributed by atoms with E-state index in [4.69, 9.17) is 4.74 Å². The molecule has 0 saturated carbocycles. The van der Waals surface area contributed by atoms with E-state index in [1.165, 1.54) is 5.56 Å². The van der Waals surface area contributed by atoms with Gasteiger partial charge in [-0.15, -0.1) is 0 Å². The maximum atomic E-state index is 5.42. The Morgan fingerprint density at radius 1 is 1.17 bits per heavy atom. The van der Waals surface area contributed by atoms with E-state index in [-0.39, 0.29) is 0 Å². The van der Waals surface area contributed by atoms with E-state index in [0.717, 1.165) is 13.2 Å². The summed E-state index contributed by atoms with van der Waals surface area (Å²) in [5.41, 5.74) is 1.42. The van der Waals surface area contributed by atoms with Crippen molar-refractivity contribution in [1.82, 2.24) is 0 Å². The first-order chi connectivity index (χ1) is 5.88. The van der Waals surface area contributed by atoms with Crippen molar-refractivity contribution in [2.24, 2.45) is 5.92 Å². The Kier molecular flexibility index (Phi) is 2.13. The second kappa shape index (κ2) is 3.28. The molecule has 0 radical (unpaired) electrons. The summed E-state index contributed by atoms with van der Waals surface area (Å²) in [7, 11) is 0. The van der Waals surface area contributed by atoms with Crippen LogP contribution in [0.25, 0.3) is 0 Å². The summed E-state index contributed by atoms with van der Waals surface area (Å²) in [5, 5.41) is 0. The second-order valence-corrected chi connectivity index (χ2v) is 3.53. The van der Waals surface area contributed by atoms with Crippen LogP contribution >= 0.6 is 0 Å².